The van der Waals surface area contributed by atoms with E-state index in [2.05, 4.69) is 26.9 Å². The predicted octanol–water partition coefficient (Wildman–Crippen LogP) is 4.71. The summed E-state index contributed by atoms with van der Waals surface area (Å²) in [4.78, 5) is 0. The third-order valence-electron chi connectivity index (χ3n) is 7.69. The van der Waals surface area contributed by atoms with Crippen molar-refractivity contribution in [3.05, 3.63) is 40.2 Å². The van der Waals surface area contributed by atoms with Crippen molar-refractivity contribution in [3.63, 3.8) is 0 Å². The van der Waals surface area contributed by atoms with E-state index in [1.165, 1.54) is 37.5 Å². The van der Waals surface area contributed by atoms with Gasteiger partial charge in [0.05, 0.1) is 10.7 Å². The van der Waals surface area contributed by atoms with Crippen LogP contribution in [-0.4, -0.2) is 42.0 Å². The molecular formula is C25H29ClFN5O. The van der Waals surface area contributed by atoms with Crippen molar-refractivity contribution < 1.29 is 9.13 Å². The van der Waals surface area contributed by atoms with Gasteiger partial charge in [0.15, 0.2) is 5.82 Å². The van der Waals surface area contributed by atoms with Gasteiger partial charge in [-0.05, 0) is 87.1 Å². The van der Waals surface area contributed by atoms with E-state index in [4.69, 9.17) is 16.3 Å². The van der Waals surface area contributed by atoms with Gasteiger partial charge in [0.1, 0.15) is 17.4 Å². The average Bonchev–Trinajstić information content (AvgIpc) is 3.38. The van der Waals surface area contributed by atoms with Gasteiger partial charge in [-0.3, -0.25) is 0 Å². The molecule has 174 valence electrons. The average molecular weight is 470 g/mol. The van der Waals surface area contributed by atoms with Crippen LogP contribution in [0.3, 0.4) is 0 Å². The molecule has 1 aromatic heterocycles. The topological polar surface area (TPSA) is 82.9 Å². The van der Waals surface area contributed by atoms with Gasteiger partial charge in [0.2, 0.25) is 0 Å². The number of nitriles is 1. The zero-order chi connectivity index (χ0) is 22.9. The minimum absolute atomic E-state index is 0.267. The first-order chi connectivity index (χ1) is 16.0. The fourth-order valence-electron chi connectivity index (χ4n) is 5.94. The van der Waals surface area contributed by atoms with Crippen LogP contribution in [-0.2, 0) is 4.74 Å². The number of aromatic nitrogens is 2. The summed E-state index contributed by atoms with van der Waals surface area (Å²) in [6.07, 6.45) is 5.68. The number of anilines is 1. The maximum absolute atomic E-state index is 13.8. The number of hydrogen-bond acceptors (Lipinski definition) is 6. The molecule has 2 N–H and O–H groups in total. The van der Waals surface area contributed by atoms with E-state index in [1.54, 1.807) is 0 Å². The minimum Gasteiger partial charge on any atom is -0.381 e. The van der Waals surface area contributed by atoms with Gasteiger partial charge in [-0.1, -0.05) is 11.6 Å². The van der Waals surface area contributed by atoms with Gasteiger partial charge in [-0.15, -0.1) is 10.2 Å². The lowest BCUT2D eigenvalue weighted by atomic mass is 9.85. The Balaban J connectivity index is 1.30. The Labute approximate surface area is 198 Å². The number of fused-ring (bicyclic) bond motifs is 1. The van der Waals surface area contributed by atoms with Crippen molar-refractivity contribution in [2.45, 2.75) is 51.1 Å². The smallest absolute Gasteiger partial charge is 0.167 e. The summed E-state index contributed by atoms with van der Waals surface area (Å²) in [5, 5.41) is 26.2. The van der Waals surface area contributed by atoms with Gasteiger partial charge in [-0.2, -0.15) is 5.26 Å². The summed E-state index contributed by atoms with van der Waals surface area (Å²) in [6.45, 7) is 4.65. The van der Waals surface area contributed by atoms with Crippen LogP contribution < -0.4 is 10.6 Å². The van der Waals surface area contributed by atoms with Crippen molar-refractivity contribution >= 4 is 17.4 Å². The molecule has 4 atom stereocenters. The SMILES string of the molecule is Cc1c(-c2cc(F)ccc2Cl)nnc(N[C@H]2C[C@@H]3CN[C@@H](CC4CCOCC4)[C@H]3C2)c1C#N. The molecule has 1 aliphatic carbocycles. The Morgan fingerprint density at radius 2 is 2.09 bits per heavy atom. The van der Waals surface area contributed by atoms with Crippen molar-refractivity contribution in [3.8, 4) is 17.3 Å². The molecule has 1 aromatic carbocycles. The molecular weight excluding hydrogens is 441 g/mol. The molecule has 0 amide bonds. The number of nitrogens with one attached hydrogen (secondary N) is 2. The molecule has 0 radical (unpaired) electrons. The summed E-state index contributed by atoms with van der Waals surface area (Å²) < 4.78 is 19.3. The Morgan fingerprint density at radius 3 is 2.88 bits per heavy atom. The number of halogens is 2. The van der Waals surface area contributed by atoms with E-state index < -0.39 is 5.82 Å². The highest BCUT2D eigenvalue weighted by molar-refractivity contribution is 6.33. The lowest BCUT2D eigenvalue weighted by molar-refractivity contribution is 0.0594. The summed E-state index contributed by atoms with van der Waals surface area (Å²) >= 11 is 6.27. The van der Waals surface area contributed by atoms with Crippen molar-refractivity contribution in [1.29, 1.82) is 5.26 Å². The molecule has 3 heterocycles. The second-order valence-electron chi connectivity index (χ2n) is 9.68. The van der Waals surface area contributed by atoms with Gasteiger partial charge >= 0.3 is 0 Å². The van der Waals surface area contributed by atoms with Crippen LogP contribution in [0.15, 0.2) is 18.2 Å². The normalized spacial score (nSPS) is 27.3. The number of benzene rings is 1. The zero-order valence-electron chi connectivity index (χ0n) is 18.8. The second-order valence-corrected chi connectivity index (χ2v) is 10.1. The van der Waals surface area contributed by atoms with Crippen LogP contribution in [0.1, 0.15) is 43.2 Å². The molecule has 6 nitrogen and oxygen atoms in total. The highest BCUT2D eigenvalue weighted by atomic mass is 35.5. The van der Waals surface area contributed by atoms with Crippen molar-refractivity contribution in [2.75, 3.05) is 25.1 Å². The van der Waals surface area contributed by atoms with Crippen LogP contribution in [0, 0.1) is 41.8 Å². The number of rotatable bonds is 5. The summed E-state index contributed by atoms with van der Waals surface area (Å²) in [6, 6.07) is 7.22. The molecule has 0 unspecified atom stereocenters. The Hall–Kier alpha value is -2.27. The lowest BCUT2D eigenvalue weighted by Gasteiger charge is -2.27. The van der Waals surface area contributed by atoms with Crippen LogP contribution in [0.2, 0.25) is 5.02 Å². The maximum Gasteiger partial charge on any atom is 0.167 e. The molecule has 1 saturated carbocycles. The Bertz CT molecular complexity index is 1070. The molecule has 2 aliphatic heterocycles. The molecule has 0 bridgehead atoms. The summed E-state index contributed by atoms with van der Waals surface area (Å²) in [5.74, 6) is 2.15. The molecule has 2 aromatic rings. The van der Waals surface area contributed by atoms with Crippen molar-refractivity contribution in [1.82, 2.24) is 15.5 Å². The van der Waals surface area contributed by atoms with E-state index in [0.29, 0.717) is 51.1 Å². The largest absolute Gasteiger partial charge is 0.381 e. The fraction of sp³-hybridized carbons (Fsp3) is 0.560. The molecule has 8 heteroatoms. The van der Waals surface area contributed by atoms with Gasteiger partial charge in [0, 0.05) is 30.9 Å². The number of hydrogen-bond donors (Lipinski definition) is 2. The fourth-order valence-corrected chi connectivity index (χ4v) is 6.15. The van der Waals surface area contributed by atoms with Crippen LogP contribution in [0.25, 0.3) is 11.3 Å². The van der Waals surface area contributed by atoms with E-state index in [-0.39, 0.29) is 6.04 Å². The van der Waals surface area contributed by atoms with Gasteiger partial charge < -0.3 is 15.4 Å². The number of nitrogens with zero attached hydrogens (tertiary/aromatic N) is 3. The molecule has 33 heavy (non-hydrogen) atoms. The van der Waals surface area contributed by atoms with Crippen LogP contribution >= 0.6 is 11.6 Å². The predicted molar refractivity (Wildman–Crippen MR) is 125 cm³/mol. The van der Waals surface area contributed by atoms with Crippen molar-refractivity contribution in [2.24, 2.45) is 17.8 Å². The lowest BCUT2D eigenvalue weighted by Crippen LogP contribution is -2.33. The van der Waals surface area contributed by atoms with E-state index in [1.807, 2.05) is 6.92 Å². The summed E-state index contributed by atoms with van der Waals surface area (Å²) in [5.41, 5.74) is 1.97. The van der Waals surface area contributed by atoms with Gasteiger partial charge in [0.25, 0.3) is 0 Å². The van der Waals surface area contributed by atoms with E-state index >= 15 is 0 Å². The van der Waals surface area contributed by atoms with E-state index in [9.17, 15) is 9.65 Å². The number of ether oxygens (including phenoxy) is 1. The maximum atomic E-state index is 13.8. The molecule has 3 fully saturated rings. The van der Waals surface area contributed by atoms with Gasteiger partial charge in [-0.25, -0.2) is 4.39 Å². The monoisotopic (exact) mass is 469 g/mol. The minimum atomic E-state index is -0.405. The third kappa shape index (κ3) is 4.57. The highest BCUT2D eigenvalue weighted by Gasteiger charge is 2.44. The zero-order valence-corrected chi connectivity index (χ0v) is 19.5. The molecule has 2 saturated heterocycles. The molecule has 0 spiro atoms. The first-order valence-electron chi connectivity index (χ1n) is 11.8. The standard InChI is InChI=1S/C25H29ClFN5O/c1-14-21(12-28)25(32-31-24(14)20-10-17(27)2-3-22(20)26)30-18-9-16-13-29-23(19(16)11-18)8-15-4-6-33-7-5-15/h2-3,10,15-16,18-19,23,29H,4-9,11,13H2,1H3,(H,30,32)/t16-,18+,19+,23+/m1/s1. The van der Waals surface area contributed by atoms with E-state index in [0.717, 1.165) is 38.5 Å². The third-order valence-corrected chi connectivity index (χ3v) is 8.02. The molecule has 3 aliphatic rings. The quantitative estimate of drug-likeness (QED) is 0.659. The second kappa shape index (κ2) is 9.54. The summed E-state index contributed by atoms with van der Waals surface area (Å²) in [7, 11) is 0. The van der Waals surface area contributed by atoms with Crippen LogP contribution in [0.4, 0.5) is 10.2 Å². The Morgan fingerprint density at radius 1 is 1.27 bits per heavy atom. The Kier molecular flexibility index (Phi) is 6.51. The highest BCUT2D eigenvalue weighted by Crippen LogP contribution is 2.42. The first kappa shape index (κ1) is 22.5. The van der Waals surface area contributed by atoms with Crippen LogP contribution in [0.5, 0.6) is 0 Å². The first-order valence-corrected chi connectivity index (χ1v) is 12.2. The molecule has 5 rings (SSSR count).